The summed E-state index contributed by atoms with van der Waals surface area (Å²) < 4.78 is 5.86. The Morgan fingerprint density at radius 1 is 1.04 bits per heavy atom. The zero-order valence-electron chi connectivity index (χ0n) is 25.0. The summed E-state index contributed by atoms with van der Waals surface area (Å²) in [6.07, 6.45) is 3.55. The molecule has 2 aliphatic heterocycles. The van der Waals surface area contributed by atoms with Crippen LogP contribution in [0.25, 0.3) is 17.2 Å². The van der Waals surface area contributed by atoms with Gasteiger partial charge in [-0.25, -0.2) is 0 Å². The molecule has 0 bridgehead atoms. The number of halogens is 2. The highest BCUT2D eigenvalue weighted by Crippen LogP contribution is 2.36. The number of carboxylic acid groups (broad SMARTS) is 1. The molecule has 0 unspecified atom stereocenters. The van der Waals surface area contributed by atoms with Crippen LogP contribution in [0.4, 0.5) is 5.69 Å². The molecule has 12 heteroatoms. The molecule has 2 N–H and O–H groups in total. The molecule has 2 amide bonds. The Hall–Kier alpha value is -3.25. The van der Waals surface area contributed by atoms with Gasteiger partial charge in [-0.2, -0.15) is 0 Å². The van der Waals surface area contributed by atoms with Crippen molar-refractivity contribution in [3.63, 3.8) is 0 Å². The fourth-order valence-corrected chi connectivity index (χ4v) is 7.19. The molecule has 2 aliphatic rings. The molecule has 0 aromatic heterocycles. The lowest BCUT2D eigenvalue weighted by molar-refractivity contribution is -0.136. The lowest BCUT2D eigenvalue weighted by Crippen LogP contribution is -2.36. The van der Waals surface area contributed by atoms with Gasteiger partial charge in [-0.15, -0.1) is 0 Å². The first-order valence-corrected chi connectivity index (χ1v) is 16.9. The smallest absolute Gasteiger partial charge is 0.307 e. The summed E-state index contributed by atoms with van der Waals surface area (Å²) >= 11 is 19.5. The van der Waals surface area contributed by atoms with E-state index < -0.39 is 5.97 Å². The molecule has 46 heavy (non-hydrogen) atoms. The van der Waals surface area contributed by atoms with Gasteiger partial charge in [0.15, 0.2) is 0 Å². The van der Waals surface area contributed by atoms with E-state index in [2.05, 4.69) is 16.3 Å². The van der Waals surface area contributed by atoms with E-state index in [-0.39, 0.29) is 31.2 Å². The minimum absolute atomic E-state index is 0.0280. The maximum Gasteiger partial charge on any atom is 0.307 e. The minimum atomic E-state index is -0.952. The third-order valence-electron chi connectivity index (χ3n) is 7.70. The van der Waals surface area contributed by atoms with E-state index in [1.165, 1.54) is 16.7 Å². The summed E-state index contributed by atoms with van der Waals surface area (Å²) in [5.41, 5.74) is 4.84. The molecule has 2 saturated heterocycles. The Morgan fingerprint density at radius 3 is 2.61 bits per heavy atom. The Kier molecular flexibility index (Phi) is 11.9. The second-order valence-corrected chi connectivity index (χ2v) is 13.5. The van der Waals surface area contributed by atoms with Crippen molar-refractivity contribution in [2.24, 2.45) is 0 Å². The van der Waals surface area contributed by atoms with Crippen LogP contribution in [-0.2, 0) is 32.0 Å². The van der Waals surface area contributed by atoms with Crippen LogP contribution in [0.2, 0.25) is 10.0 Å². The monoisotopic (exact) mass is 697 g/mol. The van der Waals surface area contributed by atoms with Crippen LogP contribution in [0.15, 0.2) is 65.6 Å². The van der Waals surface area contributed by atoms with Gasteiger partial charge < -0.3 is 15.2 Å². The van der Waals surface area contributed by atoms with Crippen molar-refractivity contribution in [3.8, 4) is 11.1 Å². The van der Waals surface area contributed by atoms with Crippen LogP contribution in [-0.4, -0.2) is 76.4 Å². The van der Waals surface area contributed by atoms with Crippen molar-refractivity contribution in [2.45, 2.75) is 25.7 Å². The first-order chi connectivity index (χ1) is 22.2. The van der Waals surface area contributed by atoms with E-state index in [1.807, 2.05) is 24.3 Å². The second kappa shape index (κ2) is 16.0. The third kappa shape index (κ3) is 9.18. The SMILES string of the molecule is O=C(O)Cc1cccc(NC(=O)CCN2C(=O)C(=Cc3cc(-c4ccc(Cl)cc4Cl)ccc3CCCN3CCOCC3)SC2=S)c1. The van der Waals surface area contributed by atoms with Crippen molar-refractivity contribution < 1.29 is 24.2 Å². The number of amides is 2. The van der Waals surface area contributed by atoms with Gasteiger partial charge in [-0.1, -0.05) is 77.5 Å². The van der Waals surface area contributed by atoms with Gasteiger partial charge in [0.1, 0.15) is 4.32 Å². The second-order valence-electron chi connectivity index (χ2n) is 11.0. The molecule has 2 heterocycles. The van der Waals surface area contributed by atoms with Crippen LogP contribution in [0.5, 0.6) is 0 Å². The van der Waals surface area contributed by atoms with E-state index >= 15 is 0 Å². The van der Waals surface area contributed by atoms with Crippen LogP contribution in [0.1, 0.15) is 29.5 Å². The number of morpholine rings is 1. The number of benzene rings is 3. The van der Waals surface area contributed by atoms with Gasteiger partial charge in [0.25, 0.3) is 5.91 Å². The van der Waals surface area contributed by atoms with Crippen molar-refractivity contribution in [1.82, 2.24) is 9.80 Å². The Morgan fingerprint density at radius 2 is 1.85 bits per heavy atom. The van der Waals surface area contributed by atoms with E-state index in [9.17, 15) is 14.4 Å². The standard InChI is InChI=1S/C34H33Cl2N3O5S2/c35-26-8-9-28(29(36)21-26)24-7-6-23(4-2-11-38-13-15-44-16-14-38)25(19-24)20-30-33(43)39(34(45)46-30)12-10-31(40)37-27-5-1-3-22(17-27)18-32(41)42/h1,3,5-9,17,19-21H,2,4,10-16,18H2,(H,37,40)(H,41,42). The fourth-order valence-electron chi connectivity index (χ4n) is 5.37. The molecule has 8 nitrogen and oxygen atoms in total. The molecule has 0 aliphatic carbocycles. The molecule has 0 radical (unpaired) electrons. The van der Waals surface area contributed by atoms with Crippen molar-refractivity contribution >= 4 is 81.0 Å². The van der Waals surface area contributed by atoms with Crippen molar-refractivity contribution in [2.75, 3.05) is 44.7 Å². The van der Waals surface area contributed by atoms with E-state index in [1.54, 1.807) is 36.4 Å². The van der Waals surface area contributed by atoms with Gasteiger partial charge in [0, 0.05) is 47.4 Å². The number of ether oxygens (including phenoxy) is 1. The first kappa shape index (κ1) is 34.1. The lowest BCUT2D eigenvalue weighted by atomic mass is 9.96. The topological polar surface area (TPSA) is 99.2 Å². The number of rotatable bonds is 12. The molecular formula is C34H33Cl2N3O5S2. The summed E-state index contributed by atoms with van der Waals surface area (Å²) in [4.78, 5) is 41.6. The Bertz CT molecular complexity index is 1680. The summed E-state index contributed by atoms with van der Waals surface area (Å²) in [5, 5.41) is 12.9. The Labute approximate surface area is 287 Å². The molecule has 0 spiro atoms. The zero-order valence-corrected chi connectivity index (χ0v) is 28.1. The lowest BCUT2D eigenvalue weighted by Gasteiger charge is -2.26. The summed E-state index contributed by atoms with van der Waals surface area (Å²) in [6.45, 7) is 4.45. The highest BCUT2D eigenvalue weighted by Gasteiger charge is 2.32. The van der Waals surface area contributed by atoms with Crippen LogP contribution >= 0.6 is 47.2 Å². The number of hydrogen-bond donors (Lipinski definition) is 2. The summed E-state index contributed by atoms with van der Waals surface area (Å²) in [5.74, 6) is -1.51. The maximum atomic E-state index is 13.5. The van der Waals surface area contributed by atoms with Crippen molar-refractivity contribution in [3.05, 3.63) is 92.3 Å². The molecule has 0 atom stereocenters. The highest BCUT2D eigenvalue weighted by molar-refractivity contribution is 8.26. The van der Waals surface area contributed by atoms with Gasteiger partial charge in [-0.3, -0.25) is 24.2 Å². The van der Waals surface area contributed by atoms with E-state index in [4.69, 9.17) is 45.3 Å². The quantitative estimate of drug-likeness (QED) is 0.158. The average Bonchev–Trinajstić information content (AvgIpc) is 3.28. The van der Waals surface area contributed by atoms with Gasteiger partial charge >= 0.3 is 5.97 Å². The van der Waals surface area contributed by atoms with Gasteiger partial charge in [0.05, 0.1) is 24.5 Å². The number of thiocarbonyl (C=S) groups is 1. The number of carboxylic acids is 1. The first-order valence-electron chi connectivity index (χ1n) is 14.9. The Balaban J connectivity index is 1.30. The third-order valence-corrected chi connectivity index (χ3v) is 9.63. The predicted octanol–water partition coefficient (Wildman–Crippen LogP) is 6.78. The zero-order chi connectivity index (χ0) is 32.6. The highest BCUT2D eigenvalue weighted by atomic mass is 35.5. The molecule has 5 rings (SSSR count). The molecule has 240 valence electrons. The number of carbonyl (C=O) groups is 3. The molecule has 0 saturated carbocycles. The van der Waals surface area contributed by atoms with E-state index in [0.717, 1.165) is 67.9 Å². The molecule has 2 fully saturated rings. The van der Waals surface area contributed by atoms with E-state index in [0.29, 0.717) is 30.5 Å². The normalized spacial score (nSPS) is 16.3. The number of thioether (sulfide) groups is 1. The fraction of sp³-hybridized carbons (Fsp3) is 0.294. The number of aliphatic carboxylic acids is 1. The molecule has 3 aromatic carbocycles. The number of aryl methyl sites for hydroxylation is 1. The van der Waals surface area contributed by atoms with Gasteiger partial charge in [0.2, 0.25) is 5.91 Å². The van der Waals surface area contributed by atoms with Crippen LogP contribution < -0.4 is 5.32 Å². The average molecular weight is 699 g/mol. The van der Waals surface area contributed by atoms with Gasteiger partial charge in [-0.05, 0) is 78.0 Å². The summed E-state index contributed by atoms with van der Waals surface area (Å²) in [7, 11) is 0. The maximum absolute atomic E-state index is 13.5. The number of hydrogen-bond acceptors (Lipinski definition) is 7. The minimum Gasteiger partial charge on any atom is -0.481 e. The molecule has 3 aromatic rings. The van der Waals surface area contributed by atoms with Crippen LogP contribution in [0, 0.1) is 0 Å². The summed E-state index contributed by atoms with van der Waals surface area (Å²) in [6, 6.07) is 18.2. The molecular weight excluding hydrogens is 665 g/mol. The number of carbonyl (C=O) groups excluding carboxylic acids is 2. The number of nitrogens with one attached hydrogen (secondary N) is 1. The van der Waals surface area contributed by atoms with Crippen LogP contribution in [0.3, 0.4) is 0 Å². The van der Waals surface area contributed by atoms with Crippen molar-refractivity contribution in [1.29, 1.82) is 0 Å². The largest absolute Gasteiger partial charge is 0.481 e. The number of nitrogens with zero attached hydrogens (tertiary/aromatic N) is 2. The number of anilines is 1. The predicted molar refractivity (Wildman–Crippen MR) is 188 cm³/mol.